The summed E-state index contributed by atoms with van der Waals surface area (Å²) in [7, 11) is 0. The average Bonchev–Trinajstić information content (AvgIpc) is 2.71. The summed E-state index contributed by atoms with van der Waals surface area (Å²) in [5.74, 6) is 0.874. The average molecular weight is 391 g/mol. The molecule has 0 amide bonds. The summed E-state index contributed by atoms with van der Waals surface area (Å²) in [5.41, 5.74) is 2.96. The van der Waals surface area contributed by atoms with Gasteiger partial charge in [-0.05, 0) is 78.9 Å². The number of benzene rings is 1. The largest absolute Gasteiger partial charge is 0.392 e. The molecule has 0 saturated heterocycles. The molecule has 1 aromatic carbocycles. The molecule has 0 unspecified atom stereocenters. The van der Waals surface area contributed by atoms with Gasteiger partial charge in [-0.15, -0.1) is 0 Å². The van der Waals surface area contributed by atoms with E-state index < -0.39 is 0 Å². The van der Waals surface area contributed by atoms with E-state index in [1.807, 2.05) is 12.1 Å². The minimum Gasteiger partial charge on any atom is -0.392 e. The van der Waals surface area contributed by atoms with E-state index in [2.05, 4.69) is 25.6 Å². The van der Waals surface area contributed by atoms with Gasteiger partial charge in [0.25, 0.3) is 0 Å². The van der Waals surface area contributed by atoms with Crippen molar-refractivity contribution >= 4 is 23.5 Å². The van der Waals surface area contributed by atoms with Crippen molar-refractivity contribution in [3.05, 3.63) is 77.5 Å². The molecule has 6 nitrogen and oxygen atoms in total. The second-order valence-corrected chi connectivity index (χ2v) is 6.97. The van der Waals surface area contributed by atoms with Crippen LogP contribution in [0.5, 0.6) is 0 Å². The molecule has 0 spiro atoms. The number of pyridine rings is 1. The summed E-state index contributed by atoms with van der Waals surface area (Å²) in [6, 6.07) is 12.0. The van der Waals surface area contributed by atoms with Gasteiger partial charge >= 0.3 is 0 Å². The molecule has 3 aromatic rings. The molecule has 0 bridgehead atoms. The van der Waals surface area contributed by atoms with E-state index in [1.165, 1.54) is 18.6 Å². The van der Waals surface area contributed by atoms with Gasteiger partial charge in [0.2, 0.25) is 5.95 Å². The van der Waals surface area contributed by atoms with Crippen LogP contribution in [-0.2, 0) is 6.61 Å². The smallest absolute Gasteiger partial charge is 0.223 e. The Kier molecular flexibility index (Phi) is 5.76. The van der Waals surface area contributed by atoms with Crippen LogP contribution in [0.2, 0.25) is 0 Å². The highest BCUT2D eigenvalue weighted by Crippen LogP contribution is 2.23. The van der Waals surface area contributed by atoms with E-state index in [-0.39, 0.29) is 12.4 Å². The Balaban J connectivity index is 1.65. The van der Waals surface area contributed by atoms with Crippen LogP contribution < -0.4 is 10.6 Å². The van der Waals surface area contributed by atoms with Crippen LogP contribution >= 0.6 is 0 Å². The Morgan fingerprint density at radius 3 is 2.62 bits per heavy atom. The zero-order valence-corrected chi connectivity index (χ0v) is 15.8. The molecule has 7 heteroatoms. The number of anilines is 2. The van der Waals surface area contributed by atoms with E-state index in [0.29, 0.717) is 29.2 Å². The third-order valence-corrected chi connectivity index (χ3v) is 4.83. The topological polar surface area (TPSA) is 83.0 Å². The number of hydrogen-bond donors (Lipinski definition) is 3. The normalized spacial score (nSPS) is 14.3. The first-order valence-electron chi connectivity index (χ1n) is 9.59. The van der Waals surface area contributed by atoms with Gasteiger partial charge in [-0.25, -0.2) is 19.3 Å². The first-order valence-corrected chi connectivity index (χ1v) is 9.59. The van der Waals surface area contributed by atoms with Gasteiger partial charge in [0, 0.05) is 24.1 Å². The molecule has 0 atom stereocenters. The lowest BCUT2D eigenvalue weighted by Crippen LogP contribution is -2.28. The monoisotopic (exact) mass is 391 g/mol. The highest BCUT2D eigenvalue weighted by Gasteiger charge is 2.17. The zero-order valence-electron chi connectivity index (χ0n) is 15.8. The fraction of sp³-hybridized carbons (Fsp3) is 0.227. The molecule has 0 aliphatic heterocycles. The van der Waals surface area contributed by atoms with Crippen LogP contribution in [0.1, 0.15) is 36.1 Å². The summed E-state index contributed by atoms with van der Waals surface area (Å²) >= 11 is 0. The van der Waals surface area contributed by atoms with Gasteiger partial charge in [-0.2, -0.15) is 0 Å². The maximum atomic E-state index is 13.4. The zero-order chi connectivity index (χ0) is 20.1. The van der Waals surface area contributed by atoms with Gasteiger partial charge < -0.3 is 15.7 Å². The Bertz CT molecular complexity index is 1000. The first-order chi connectivity index (χ1) is 14.2. The molecular formula is C22H22FN5O. The third kappa shape index (κ3) is 4.94. The van der Waals surface area contributed by atoms with Gasteiger partial charge in [0.1, 0.15) is 11.6 Å². The van der Waals surface area contributed by atoms with Crippen LogP contribution in [0.4, 0.5) is 16.2 Å². The SMILES string of the molecule is OCc1ccnc(N/C(=C/c2ccnc(NC3CCC3)n2)c2ccc(F)cc2)c1. The number of aliphatic hydroxyl groups is 1. The molecule has 2 aromatic heterocycles. The molecule has 4 rings (SSSR count). The lowest BCUT2D eigenvalue weighted by molar-refractivity contribution is 0.282. The summed E-state index contributed by atoms with van der Waals surface area (Å²) in [5, 5.41) is 16.0. The predicted molar refractivity (Wildman–Crippen MR) is 111 cm³/mol. The van der Waals surface area contributed by atoms with E-state index >= 15 is 0 Å². The van der Waals surface area contributed by atoms with Crippen LogP contribution in [-0.4, -0.2) is 26.1 Å². The molecule has 148 valence electrons. The van der Waals surface area contributed by atoms with Crippen LogP contribution in [0.15, 0.2) is 54.9 Å². The fourth-order valence-corrected chi connectivity index (χ4v) is 3.01. The van der Waals surface area contributed by atoms with E-state index in [4.69, 9.17) is 0 Å². The van der Waals surface area contributed by atoms with Crippen molar-refractivity contribution in [3.8, 4) is 0 Å². The van der Waals surface area contributed by atoms with Crippen LogP contribution in [0.25, 0.3) is 11.8 Å². The van der Waals surface area contributed by atoms with E-state index in [1.54, 1.807) is 36.7 Å². The summed E-state index contributed by atoms with van der Waals surface area (Å²) in [6.45, 7) is -0.0745. The second-order valence-electron chi connectivity index (χ2n) is 6.97. The van der Waals surface area contributed by atoms with E-state index in [0.717, 1.165) is 24.0 Å². The second kappa shape index (κ2) is 8.79. The van der Waals surface area contributed by atoms with Crippen molar-refractivity contribution in [1.29, 1.82) is 0 Å². The molecule has 1 aliphatic rings. The number of halogens is 1. The first kappa shape index (κ1) is 19.0. The number of aromatic nitrogens is 3. The predicted octanol–water partition coefficient (Wildman–Crippen LogP) is 4.08. The summed E-state index contributed by atoms with van der Waals surface area (Å²) < 4.78 is 13.4. The molecule has 29 heavy (non-hydrogen) atoms. The highest BCUT2D eigenvalue weighted by atomic mass is 19.1. The van der Waals surface area contributed by atoms with Crippen molar-refractivity contribution in [1.82, 2.24) is 15.0 Å². The standard InChI is InChI=1S/C22H22FN5O/c23-17-6-4-16(5-7-17)20(28-21-12-15(14-29)8-10-24-21)13-19-9-11-25-22(27-19)26-18-2-1-3-18/h4-13,18,29H,1-3,14H2,(H,24,28)(H,25,26,27)/b20-13+. The van der Waals surface area contributed by atoms with Gasteiger partial charge in [0.15, 0.2) is 0 Å². The van der Waals surface area contributed by atoms with Crippen LogP contribution in [0.3, 0.4) is 0 Å². The quantitative estimate of drug-likeness (QED) is 0.563. The Morgan fingerprint density at radius 1 is 1.10 bits per heavy atom. The lowest BCUT2D eigenvalue weighted by Gasteiger charge is -2.26. The van der Waals surface area contributed by atoms with Crippen molar-refractivity contribution in [2.24, 2.45) is 0 Å². The molecule has 1 fully saturated rings. The Labute approximate surface area is 168 Å². The fourth-order valence-electron chi connectivity index (χ4n) is 3.01. The maximum Gasteiger partial charge on any atom is 0.223 e. The molecule has 1 saturated carbocycles. The van der Waals surface area contributed by atoms with E-state index in [9.17, 15) is 9.50 Å². The van der Waals surface area contributed by atoms with Gasteiger partial charge in [-0.1, -0.05) is 0 Å². The number of rotatable bonds is 7. The van der Waals surface area contributed by atoms with Crippen LogP contribution in [0, 0.1) is 5.82 Å². The summed E-state index contributed by atoms with van der Waals surface area (Å²) in [6.07, 6.45) is 8.72. The van der Waals surface area contributed by atoms with Gasteiger partial charge in [0.05, 0.1) is 12.3 Å². The molecular weight excluding hydrogens is 369 g/mol. The maximum absolute atomic E-state index is 13.4. The Morgan fingerprint density at radius 2 is 1.90 bits per heavy atom. The highest BCUT2D eigenvalue weighted by molar-refractivity contribution is 5.87. The van der Waals surface area contributed by atoms with Crippen molar-refractivity contribution < 1.29 is 9.50 Å². The molecule has 2 heterocycles. The van der Waals surface area contributed by atoms with Crippen molar-refractivity contribution in [2.75, 3.05) is 10.6 Å². The molecule has 0 radical (unpaired) electrons. The lowest BCUT2D eigenvalue weighted by atomic mass is 9.93. The minimum absolute atomic E-state index is 0.0745. The minimum atomic E-state index is -0.303. The number of hydrogen-bond acceptors (Lipinski definition) is 6. The number of nitrogens with one attached hydrogen (secondary N) is 2. The molecule has 3 N–H and O–H groups in total. The van der Waals surface area contributed by atoms with Crippen molar-refractivity contribution in [2.45, 2.75) is 31.9 Å². The summed E-state index contributed by atoms with van der Waals surface area (Å²) in [4.78, 5) is 13.2. The number of aliphatic hydroxyl groups excluding tert-OH is 1. The molecule has 1 aliphatic carbocycles. The van der Waals surface area contributed by atoms with Gasteiger partial charge in [-0.3, -0.25) is 0 Å². The number of nitrogens with zero attached hydrogens (tertiary/aromatic N) is 3. The Hall–Kier alpha value is -3.32. The third-order valence-electron chi connectivity index (χ3n) is 4.83. The van der Waals surface area contributed by atoms with Crippen molar-refractivity contribution in [3.63, 3.8) is 0 Å².